The Morgan fingerprint density at radius 2 is 2.29 bits per heavy atom. The molecule has 3 heteroatoms. The normalized spacial score (nSPS) is 17.4. The molecule has 2 aromatic heterocycles. The Hall–Kier alpha value is -2.29. The molecule has 2 unspecified atom stereocenters. The first-order valence-electron chi connectivity index (χ1n) is 8.78. The monoisotopic (exact) mass is 321 g/mol. The molecule has 0 fully saturated rings. The molecule has 3 nitrogen and oxygen atoms in total. The molecule has 24 heavy (non-hydrogen) atoms. The summed E-state index contributed by atoms with van der Waals surface area (Å²) in [6.07, 6.45) is 11.7. The maximum atomic E-state index is 4.37. The van der Waals surface area contributed by atoms with E-state index in [0.29, 0.717) is 5.92 Å². The average Bonchev–Trinajstić information content (AvgIpc) is 2.98. The highest BCUT2D eigenvalue weighted by Gasteiger charge is 2.18. The minimum Gasteiger partial charge on any atom is -0.382 e. The number of pyridine rings is 1. The van der Waals surface area contributed by atoms with Crippen molar-refractivity contribution >= 4 is 6.08 Å². The summed E-state index contributed by atoms with van der Waals surface area (Å²) in [6.45, 7) is 10.7. The zero-order valence-electron chi connectivity index (χ0n) is 14.9. The SMILES string of the molecule is C=C(CCc1c[nH]c2c1C(C)CC=C2)NC(C)c1ccc(C)nc1. The summed E-state index contributed by atoms with van der Waals surface area (Å²) in [7, 11) is 0. The number of hydrogen-bond acceptors (Lipinski definition) is 2. The lowest BCUT2D eigenvalue weighted by atomic mass is 9.89. The number of allylic oxidation sites excluding steroid dienone is 2. The first kappa shape index (κ1) is 16.6. The maximum Gasteiger partial charge on any atom is 0.0497 e. The second-order valence-electron chi connectivity index (χ2n) is 6.88. The molecule has 0 saturated carbocycles. The molecular weight excluding hydrogens is 294 g/mol. The highest BCUT2D eigenvalue weighted by Crippen LogP contribution is 2.32. The first-order valence-corrected chi connectivity index (χ1v) is 8.78. The lowest BCUT2D eigenvalue weighted by molar-refractivity contribution is 0.625. The van der Waals surface area contributed by atoms with E-state index in [1.165, 1.54) is 22.4 Å². The lowest BCUT2D eigenvalue weighted by Gasteiger charge is -2.19. The molecular formula is C21H27N3. The summed E-state index contributed by atoms with van der Waals surface area (Å²) in [5, 5.41) is 3.51. The summed E-state index contributed by atoms with van der Waals surface area (Å²) in [5.41, 5.74) is 7.51. The van der Waals surface area contributed by atoms with Gasteiger partial charge in [-0.25, -0.2) is 0 Å². The molecule has 0 bridgehead atoms. The summed E-state index contributed by atoms with van der Waals surface area (Å²) in [6, 6.07) is 4.41. The molecule has 2 heterocycles. The molecule has 1 aliphatic rings. The fourth-order valence-corrected chi connectivity index (χ4v) is 3.41. The van der Waals surface area contributed by atoms with E-state index in [0.717, 1.165) is 30.7 Å². The van der Waals surface area contributed by atoms with Crippen LogP contribution >= 0.6 is 0 Å². The molecule has 2 aromatic rings. The van der Waals surface area contributed by atoms with Crippen LogP contribution in [0.5, 0.6) is 0 Å². The smallest absolute Gasteiger partial charge is 0.0497 e. The van der Waals surface area contributed by atoms with E-state index in [-0.39, 0.29) is 6.04 Å². The third-order valence-electron chi connectivity index (χ3n) is 4.86. The van der Waals surface area contributed by atoms with Crippen molar-refractivity contribution < 1.29 is 0 Å². The zero-order valence-corrected chi connectivity index (χ0v) is 14.9. The molecule has 2 atom stereocenters. The van der Waals surface area contributed by atoms with Crippen LogP contribution in [0.1, 0.15) is 66.7 Å². The number of hydrogen-bond donors (Lipinski definition) is 2. The fourth-order valence-electron chi connectivity index (χ4n) is 3.41. The number of aromatic amines is 1. The molecule has 0 radical (unpaired) electrons. The minimum absolute atomic E-state index is 0.229. The summed E-state index contributed by atoms with van der Waals surface area (Å²) in [4.78, 5) is 7.78. The number of fused-ring (bicyclic) bond motifs is 1. The second kappa shape index (κ2) is 7.08. The van der Waals surface area contributed by atoms with E-state index in [2.05, 4.69) is 66.2 Å². The van der Waals surface area contributed by atoms with Gasteiger partial charge in [-0.15, -0.1) is 0 Å². The predicted molar refractivity (Wildman–Crippen MR) is 101 cm³/mol. The van der Waals surface area contributed by atoms with Gasteiger partial charge in [0.25, 0.3) is 0 Å². The fraction of sp³-hybridized carbons (Fsp3) is 0.381. The van der Waals surface area contributed by atoms with Gasteiger partial charge in [0.2, 0.25) is 0 Å². The number of nitrogens with zero attached hydrogens (tertiary/aromatic N) is 1. The number of aromatic nitrogens is 2. The van der Waals surface area contributed by atoms with Crippen LogP contribution in [0.3, 0.4) is 0 Å². The number of nitrogens with one attached hydrogen (secondary N) is 2. The van der Waals surface area contributed by atoms with Gasteiger partial charge in [0.15, 0.2) is 0 Å². The van der Waals surface area contributed by atoms with Gasteiger partial charge in [0, 0.05) is 35.5 Å². The molecule has 1 aliphatic carbocycles. The zero-order chi connectivity index (χ0) is 17.1. The van der Waals surface area contributed by atoms with Gasteiger partial charge in [-0.2, -0.15) is 0 Å². The van der Waals surface area contributed by atoms with Crippen LogP contribution in [0.4, 0.5) is 0 Å². The maximum absolute atomic E-state index is 4.37. The third-order valence-corrected chi connectivity index (χ3v) is 4.86. The van der Waals surface area contributed by atoms with Crippen molar-refractivity contribution in [2.45, 2.75) is 52.0 Å². The molecule has 0 spiro atoms. The largest absolute Gasteiger partial charge is 0.382 e. The highest BCUT2D eigenvalue weighted by molar-refractivity contribution is 5.56. The van der Waals surface area contributed by atoms with E-state index < -0.39 is 0 Å². The van der Waals surface area contributed by atoms with Crippen LogP contribution < -0.4 is 5.32 Å². The van der Waals surface area contributed by atoms with Gasteiger partial charge < -0.3 is 10.3 Å². The number of H-pyrrole nitrogens is 1. The summed E-state index contributed by atoms with van der Waals surface area (Å²) in [5.74, 6) is 0.602. The molecule has 0 amide bonds. The van der Waals surface area contributed by atoms with Gasteiger partial charge in [-0.05, 0) is 67.9 Å². The van der Waals surface area contributed by atoms with E-state index in [9.17, 15) is 0 Å². The summed E-state index contributed by atoms with van der Waals surface area (Å²) < 4.78 is 0. The summed E-state index contributed by atoms with van der Waals surface area (Å²) >= 11 is 0. The quantitative estimate of drug-likeness (QED) is 0.783. The van der Waals surface area contributed by atoms with Crippen LogP contribution in [-0.2, 0) is 6.42 Å². The van der Waals surface area contributed by atoms with Gasteiger partial charge >= 0.3 is 0 Å². The highest BCUT2D eigenvalue weighted by atomic mass is 14.9. The van der Waals surface area contributed by atoms with E-state index in [4.69, 9.17) is 0 Å². The Balaban J connectivity index is 1.57. The Kier molecular flexibility index (Phi) is 4.89. The van der Waals surface area contributed by atoms with Crippen LogP contribution in [0, 0.1) is 6.92 Å². The van der Waals surface area contributed by atoms with Crippen LogP contribution in [0.25, 0.3) is 6.08 Å². The molecule has 0 aromatic carbocycles. The number of rotatable bonds is 6. The Morgan fingerprint density at radius 3 is 3.04 bits per heavy atom. The lowest BCUT2D eigenvalue weighted by Crippen LogP contribution is -2.18. The predicted octanol–water partition coefficient (Wildman–Crippen LogP) is 5.04. The number of aryl methyl sites for hydroxylation is 2. The minimum atomic E-state index is 0.229. The molecule has 0 aliphatic heterocycles. The standard InChI is InChI=1S/C21H27N3/c1-14-6-5-7-20-21(14)19(13-23-20)11-9-16(3)24-17(4)18-10-8-15(2)22-12-18/h5,7-8,10,12-14,17,23-24H,3,6,9,11H2,1-2,4H3. The first-order chi connectivity index (χ1) is 11.5. The third kappa shape index (κ3) is 3.61. The van der Waals surface area contributed by atoms with Crippen molar-refractivity contribution in [3.05, 3.63) is 71.0 Å². The van der Waals surface area contributed by atoms with Gasteiger partial charge in [-0.1, -0.05) is 25.6 Å². The van der Waals surface area contributed by atoms with Crippen molar-refractivity contribution in [3.8, 4) is 0 Å². The molecule has 126 valence electrons. The Labute approximate surface area is 144 Å². The van der Waals surface area contributed by atoms with E-state index >= 15 is 0 Å². The Morgan fingerprint density at radius 1 is 1.46 bits per heavy atom. The molecule has 2 N–H and O–H groups in total. The van der Waals surface area contributed by atoms with Gasteiger partial charge in [0.05, 0.1) is 0 Å². The van der Waals surface area contributed by atoms with Crippen LogP contribution in [-0.4, -0.2) is 9.97 Å². The molecule has 0 saturated heterocycles. The van der Waals surface area contributed by atoms with Gasteiger partial charge in [0.1, 0.15) is 0 Å². The van der Waals surface area contributed by atoms with Crippen molar-refractivity contribution in [2.24, 2.45) is 0 Å². The van der Waals surface area contributed by atoms with Crippen LogP contribution in [0.15, 0.2) is 42.9 Å². The van der Waals surface area contributed by atoms with Gasteiger partial charge in [-0.3, -0.25) is 4.98 Å². The van der Waals surface area contributed by atoms with Crippen molar-refractivity contribution in [3.63, 3.8) is 0 Å². The van der Waals surface area contributed by atoms with Crippen LogP contribution in [0.2, 0.25) is 0 Å². The average molecular weight is 321 g/mol. The van der Waals surface area contributed by atoms with E-state index in [1.54, 1.807) is 0 Å². The van der Waals surface area contributed by atoms with E-state index in [1.807, 2.05) is 13.1 Å². The van der Waals surface area contributed by atoms with Crippen molar-refractivity contribution in [1.82, 2.24) is 15.3 Å². The topological polar surface area (TPSA) is 40.7 Å². The van der Waals surface area contributed by atoms with Crippen molar-refractivity contribution in [2.75, 3.05) is 0 Å². The molecule has 3 rings (SSSR count). The second-order valence-corrected chi connectivity index (χ2v) is 6.88. The Bertz CT molecular complexity index is 737. The van der Waals surface area contributed by atoms with Crippen molar-refractivity contribution in [1.29, 1.82) is 0 Å².